The normalized spacial score (nSPS) is 6.67. The average Bonchev–Trinajstić information content (AvgIpc) is 1.82. The molecule has 0 spiro atoms. The summed E-state index contributed by atoms with van der Waals surface area (Å²) in [7, 11) is 0.766. The third-order valence-corrected chi connectivity index (χ3v) is 1.05. The van der Waals surface area contributed by atoms with Gasteiger partial charge in [-0.15, -0.1) is 0 Å². The van der Waals surface area contributed by atoms with Crippen LogP contribution in [0.15, 0.2) is 0 Å². The van der Waals surface area contributed by atoms with Crippen molar-refractivity contribution in [3.05, 3.63) is 0 Å². The molecule has 0 aromatic carbocycles. The Labute approximate surface area is 55.8 Å². The van der Waals surface area contributed by atoms with Crippen LogP contribution in [0.25, 0.3) is 0 Å². The van der Waals surface area contributed by atoms with Gasteiger partial charge in [0.15, 0.2) is 4.86 Å². The van der Waals surface area contributed by atoms with Crippen molar-refractivity contribution in [2.45, 2.75) is 0 Å². The summed E-state index contributed by atoms with van der Waals surface area (Å²) < 4.78 is 0. The lowest BCUT2D eigenvalue weighted by Gasteiger charge is -1.75. The van der Waals surface area contributed by atoms with Gasteiger partial charge in [0.1, 0.15) is 17.3 Å². The first-order chi connectivity index (χ1) is 4.20. The molecule has 5 heteroatoms. The standard InChI is InChI=1S/C4H4N4S/c5-1-3(2-6)9-4(7)8/h7-8H2. The van der Waals surface area contributed by atoms with E-state index in [1.165, 1.54) is 0 Å². The Morgan fingerprint density at radius 2 is 1.67 bits per heavy atom. The maximum atomic E-state index is 8.12. The Morgan fingerprint density at radius 1 is 1.22 bits per heavy atom. The molecule has 46 valence electrons. The van der Waals surface area contributed by atoms with Gasteiger partial charge in [-0.3, -0.25) is 11.5 Å². The van der Waals surface area contributed by atoms with E-state index in [0.29, 0.717) is 0 Å². The zero-order chi connectivity index (χ0) is 7.28. The Bertz CT molecular complexity index is 227. The summed E-state index contributed by atoms with van der Waals surface area (Å²) in [6.07, 6.45) is 0. The van der Waals surface area contributed by atoms with Crippen LogP contribution in [0.3, 0.4) is 0 Å². The van der Waals surface area contributed by atoms with Crippen molar-refractivity contribution >= 4 is 20.9 Å². The molecule has 0 amide bonds. The third kappa shape index (κ3) is 3.44. The maximum absolute atomic E-state index is 8.12. The quantitative estimate of drug-likeness (QED) is 0.419. The van der Waals surface area contributed by atoms with Gasteiger partial charge in [0, 0.05) is 0 Å². The molecule has 0 aliphatic rings. The van der Waals surface area contributed by atoms with E-state index in [1.54, 1.807) is 12.1 Å². The van der Waals surface area contributed by atoms with Crippen molar-refractivity contribution in [2.24, 2.45) is 11.5 Å². The maximum Gasteiger partial charge on any atom is 0.184 e. The molecule has 0 aliphatic heterocycles. The van der Waals surface area contributed by atoms with Crippen molar-refractivity contribution in [3.8, 4) is 12.1 Å². The molecule has 0 heterocycles. The highest BCUT2D eigenvalue weighted by Crippen LogP contribution is 1.74. The highest BCUT2D eigenvalue weighted by molar-refractivity contribution is 7.98. The molecule has 4 nitrogen and oxygen atoms in total. The number of nitrogens with two attached hydrogens (primary N) is 2. The van der Waals surface area contributed by atoms with Gasteiger partial charge in [-0.2, -0.15) is 10.5 Å². The van der Waals surface area contributed by atoms with E-state index in [-0.39, 0.29) is 9.98 Å². The molecule has 4 N–H and O–H groups in total. The second-order valence-corrected chi connectivity index (χ2v) is 2.14. The monoisotopic (exact) mass is 140 g/mol. The molecular weight excluding hydrogens is 136 g/mol. The zero-order valence-electron chi connectivity index (χ0n) is 4.46. The Balaban J connectivity index is 4.79. The Morgan fingerprint density at radius 3 is 1.78 bits per heavy atom. The summed E-state index contributed by atoms with van der Waals surface area (Å²) in [5.74, 6) is 0. The predicted molar refractivity (Wildman–Crippen MR) is 37.2 cm³/mol. The lowest BCUT2D eigenvalue weighted by Crippen LogP contribution is -2.19. The van der Waals surface area contributed by atoms with Crippen LogP contribution in [0.4, 0.5) is 0 Å². The minimum Gasteiger partial charge on any atom is -0.285 e. The number of nitriles is 2. The molecule has 0 radical (unpaired) electrons. The molecule has 0 aromatic heterocycles. The smallest absolute Gasteiger partial charge is 0.184 e. The summed E-state index contributed by atoms with van der Waals surface area (Å²) in [6, 6.07) is 3.24. The van der Waals surface area contributed by atoms with Gasteiger partial charge in [0.25, 0.3) is 0 Å². The number of nitrogens with zero attached hydrogens (tertiary/aromatic N) is 2. The Kier molecular flexibility index (Phi) is 3.33. The van der Waals surface area contributed by atoms with E-state index in [0.717, 1.165) is 10.9 Å². The number of hydrogen-bond acceptors (Lipinski definition) is 2. The van der Waals surface area contributed by atoms with Crippen LogP contribution >= 0.6 is 10.9 Å². The third-order valence-electron chi connectivity index (χ3n) is 0.423. The van der Waals surface area contributed by atoms with Crippen molar-refractivity contribution in [1.29, 1.82) is 10.5 Å². The lowest BCUT2D eigenvalue weighted by atomic mass is 10.5. The summed E-state index contributed by atoms with van der Waals surface area (Å²) >= 11 is 0. The van der Waals surface area contributed by atoms with Crippen molar-refractivity contribution in [3.63, 3.8) is 0 Å². The van der Waals surface area contributed by atoms with E-state index < -0.39 is 0 Å². The van der Waals surface area contributed by atoms with Gasteiger partial charge < -0.3 is 0 Å². The fourth-order valence-corrected chi connectivity index (χ4v) is 0.515. The van der Waals surface area contributed by atoms with Crippen LogP contribution in [-0.4, -0.2) is 9.98 Å². The van der Waals surface area contributed by atoms with Gasteiger partial charge in [0.2, 0.25) is 0 Å². The van der Waals surface area contributed by atoms with Crippen molar-refractivity contribution in [2.75, 3.05) is 0 Å². The molecule has 9 heavy (non-hydrogen) atoms. The average molecular weight is 140 g/mol. The molecule has 0 bridgehead atoms. The second kappa shape index (κ2) is 3.81. The van der Waals surface area contributed by atoms with E-state index in [9.17, 15) is 0 Å². The largest absolute Gasteiger partial charge is 0.285 e. The van der Waals surface area contributed by atoms with Crippen LogP contribution in [0.1, 0.15) is 0 Å². The predicted octanol–water partition coefficient (Wildman–Crippen LogP) is -1.06. The van der Waals surface area contributed by atoms with Crippen molar-refractivity contribution in [1.82, 2.24) is 0 Å². The highest BCUT2D eigenvalue weighted by atomic mass is 32.1. The molecule has 0 rings (SSSR count). The molecule has 0 saturated heterocycles. The van der Waals surface area contributed by atoms with Crippen LogP contribution in [-0.2, 0) is 0 Å². The number of hydrogen-bond donors (Lipinski definition) is 2. The zero-order valence-corrected chi connectivity index (χ0v) is 5.27. The molecule has 0 fully saturated rings. The molecule has 0 atom stereocenters. The van der Waals surface area contributed by atoms with Crippen LogP contribution in [0.2, 0.25) is 0 Å². The van der Waals surface area contributed by atoms with Gasteiger partial charge in [0.05, 0.1) is 0 Å². The topological polar surface area (TPSA) is 99.6 Å². The fraction of sp³-hybridized carbons (Fsp3) is 0. The number of rotatable bonds is 0. The first kappa shape index (κ1) is 7.86. The van der Waals surface area contributed by atoms with Crippen LogP contribution < -0.4 is 11.5 Å². The summed E-state index contributed by atoms with van der Waals surface area (Å²) in [6.45, 7) is 0. The van der Waals surface area contributed by atoms with E-state index in [2.05, 4.69) is 0 Å². The lowest BCUT2D eigenvalue weighted by molar-refractivity contribution is 1.54. The van der Waals surface area contributed by atoms with Gasteiger partial charge >= 0.3 is 0 Å². The summed E-state index contributed by atoms with van der Waals surface area (Å²) in [5.41, 5.74) is 9.96. The van der Waals surface area contributed by atoms with Crippen molar-refractivity contribution < 1.29 is 0 Å². The summed E-state index contributed by atoms with van der Waals surface area (Å²) in [4.78, 5) is -0.0463. The van der Waals surface area contributed by atoms with E-state index >= 15 is 0 Å². The highest BCUT2D eigenvalue weighted by Gasteiger charge is 1.85. The first-order valence-electron chi connectivity index (χ1n) is 1.93. The first-order valence-corrected chi connectivity index (χ1v) is 2.75. The van der Waals surface area contributed by atoms with Crippen LogP contribution in [0.5, 0.6) is 0 Å². The fourth-order valence-electron chi connectivity index (χ4n) is 0.188. The second-order valence-electron chi connectivity index (χ2n) is 1.06. The molecule has 0 unspecified atom stereocenters. The molecule has 0 aliphatic carbocycles. The minimum absolute atomic E-state index is 0.00750. The van der Waals surface area contributed by atoms with Crippen LogP contribution in [0, 0.1) is 22.7 Å². The van der Waals surface area contributed by atoms with E-state index in [1.807, 2.05) is 0 Å². The van der Waals surface area contributed by atoms with Gasteiger partial charge in [-0.25, -0.2) is 0 Å². The summed E-state index contributed by atoms with van der Waals surface area (Å²) in [5, 5.41) is 16.2. The van der Waals surface area contributed by atoms with E-state index in [4.69, 9.17) is 22.0 Å². The molecule has 0 aromatic rings. The van der Waals surface area contributed by atoms with Gasteiger partial charge in [-0.1, -0.05) is 10.9 Å². The molecular formula is C4H4N4S. The minimum atomic E-state index is -0.0463. The molecule has 0 saturated carbocycles. The Hall–Kier alpha value is -1.14. The van der Waals surface area contributed by atoms with Gasteiger partial charge in [-0.05, 0) is 0 Å². The SMILES string of the molecule is N#CC(C#N)=S=C(N)N.